The molecule has 0 spiro atoms. The number of benzene rings is 1. The predicted octanol–water partition coefficient (Wildman–Crippen LogP) is 3.96. The fraction of sp³-hybridized carbons (Fsp3) is 0.500. The Morgan fingerprint density at radius 3 is 2.39 bits per heavy atom. The molecule has 0 aliphatic carbocycles. The first-order valence-electron chi connectivity index (χ1n) is 5.52. The molecule has 1 atom stereocenters. The SMILES string of the molecule is CNC(CCCC(F)(F)F)c1ccc(F)cc1F. The monoisotopic (exact) mass is 267 g/mol. The van der Waals surface area contributed by atoms with Crippen LogP contribution >= 0.6 is 0 Å². The minimum atomic E-state index is -4.21. The average molecular weight is 267 g/mol. The standard InChI is InChI=1S/C12H14F5N/c1-18-11(3-2-6-12(15,16)17)9-5-4-8(13)7-10(9)14/h4-5,7,11,18H,2-3,6H2,1H3. The fourth-order valence-corrected chi connectivity index (χ4v) is 1.75. The van der Waals surface area contributed by atoms with E-state index in [0.29, 0.717) is 0 Å². The van der Waals surface area contributed by atoms with Crippen LogP contribution in [-0.4, -0.2) is 13.2 Å². The molecule has 1 aromatic carbocycles. The molecule has 102 valence electrons. The molecule has 0 fully saturated rings. The zero-order valence-corrected chi connectivity index (χ0v) is 9.82. The number of hydrogen-bond acceptors (Lipinski definition) is 1. The van der Waals surface area contributed by atoms with Crippen molar-refractivity contribution in [1.82, 2.24) is 5.32 Å². The van der Waals surface area contributed by atoms with E-state index in [0.717, 1.165) is 12.1 Å². The van der Waals surface area contributed by atoms with E-state index in [9.17, 15) is 22.0 Å². The zero-order valence-electron chi connectivity index (χ0n) is 9.82. The van der Waals surface area contributed by atoms with Gasteiger partial charge in [-0.15, -0.1) is 0 Å². The summed E-state index contributed by atoms with van der Waals surface area (Å²) >= 11 is 0. The van der Waals surface area contributed by atoms with Crippen molar-refractivity contribution in [1.29, 1.82) is 0 Å². The van der Waals surface area contributed by atoms with Gasteiger partial charge in [0.1, 0.15) is 11.6 Å². The van der Waals surface area contributed by atoms with Crippen LogP contribution in [0.25, 0.3) is 0 Å². The Morgan fingerprint density at radius 2 is 1.89 bits per heavy atom. The fourth-order valence-electron chi connectivity index (χ4n) is 1.75. The van der Waals surface area contributed by atoms with E-state index in [2.05, 4.69) is 5.32 Å². The molecule has 0 aromatic heterocycles. The van der Waals surface area contributed by atoms with Crippen LogP contribution in [0.2, 0.25) is 0 Å². The summed E-state index contributed by atoms with van der Waals surface area (Å²) < 4.78 is 62.2. The van der Waals surface area contributed by atoms with Gasteiger partial charge in [-0.2, -0.15) is 13.2 Å². The zero-order chi connectivity index (χ0) is 13.8. The first-order chi connectivity index (χ1) is 8.33. The molecule has 1 unspecified atom stereocenters. The van der Waals surface area contributed by atoms with Gasteiger partial charge in [0.25, 0.3) is 0 Å². The van der Waals surface area contributed by atoms with Crippen molar-refractivity contribution in [2.45, 2.75) is 31.5 Å². The molecule has 1 rings (SSSR count). The molecule has 0 aliphatic heterocycles. The van der Waals surface area contributed by atoms with E-state index in [1.54, 1.807) is 0 Å². The second kappa shape index (κ2) is 6.13. The molecule has 6 heteroatoms. The minimum Gasteiger partial charge on any atom is -0.313 e. The van der Waals surface area contributed by atoms with Gasteiger partial charge >= 0.3 is 6.18 Å². The van der Waals surface area contributed by atoms with Crippen LogP contribution in [0.15, 0.2) is 18.2 Å². The summed E-state index contributed by atoms with van der Waals surface area (Å²) in [5.41, 5.74) is 0.182. The molecule has 1 aromatic rings. The molecule has 0 radical (unpaired) electrons. The number of alkyl halides is 3. The van der Waals surface area contributed by atoms with Crippen molar-refractivity contribution in [2.75, 3.05) is 7.05 Å². The third kappa shape index (κ3) is 4.60. The van der Waals surface area contributed by atoms with Gasteiger partial charge in [-0.3, -0.25) is 0 Å². The summed E-state index contributed by atoms with van der Waals surface area (Å²) in [4.78, 5) is 0. The van der Waals surface area contributed by atoms with Crippen molar-refractivity contribution >= 4 is 0 Å². The van der Waals surface area contributed by atoms with Gasteiger partial charge in [-0.1, -0.05) is 6.07 Å². The van der Waals surface area contributed by atoms with E-state index in [1.807, 2.05) is 0 Å². The normalized spacial score (nSPS) is 13.7. The highest BCUT2D eigenvalue weighted by molar-refractivity contribution is 5.22. The summed E-state index contributed by atoms with van der Waals surface area (Å²) in [6, 6.07) is 2.52. The Balaban J connectivity index is 2.66. The van der Waals surface area contributed by atoms with Gasteiger partial charge in [-0.25, -0.2) is 8.78 Å². The molecule has 0 aliphatic rings. The number of rotatable bonds is 5. The molecular weight excluding hydrogens is 253 g/mol. The first-order valence-corrected chi connectivity index (χ1v) is 5.52. The molecule has 0 amide bonds. The molecule has 0 bridgehead atoms. The topological polar surface area (TPSA) is 12.0 Å². The lowest BCUT2D eigenvalue weighted by Crippen LogP contribution is -2.19. The molecule has 18 heavy (non-hydrogen) atoms. The average Bonchev–Trinajstić information content (AvgIpc) is 2.24. The molecular formula is C12H14F5N. The lowest BCUT2D eigenvalue weighted by Gasteiger charge is -2.17. The third-order valence-electron chi connectivity index (χ3n) is 2.64. The Morgan fingerprint density at radius 1 is 1.22 bits per heavy atom. The maximum Gasteiger partial charge on any atom is 0.389 e. The highest BCUT2D eigenvalue weighted by atomic mass is 19.4. The molecule has 1 nitrogen and oxygen atoms in total. The van der Waals surface area contributed by atoms with E-state index in [1.165, 1.54) is 13.1 Å². The Kier molecular flexibility index (Phi) is 5.07. The van der Waals surface area contributed by atoms with E-state index < -0.39 is 30.3 Å². The van der Waals surface area contributed by atoms with Crippen LogP contribution in [0.4, 0.5) is 22.0 Å². The molecule has 1 N–H and O–H groups in total. The second-order valence-electron chi connectivity index (χ2n) is 4.01. The van der Waals surface area contributed by atoms with Crippen LogP contribution in [0.3, 0.4) is 0 Å². The van der Waals surface area contributed by atoms with E-state index in [4.69, 9.17) is 0 Å². The molecule has 0 heterocycles. The molecule has 0 saturated heterocycles. The number of halogens is 5. The van der Waals surface area contributed by atoms with Crippen LogP contribution in [0.5, 0.6) is 0 Å². The summed E-state index contributed by atoms with van der Waals surface area (Å²) in [7, 11) is 1.53. The van der Waals surface area contributed by atoms with Gasteiger partial charge in [0.15, 0.2) is 0 Å². The Bertz CT molecular complexity index is 389. The predicted molar refractivity (Wildman–Crippen MR) is 58.1 cm³/mol. The maximum absolute atomic E-state index is 13.4. The van der Waals surface area contributed by atoms with Crippen molar-refractivity contribution in [3.05, 3.63) is 35.4 Å². The summed E-state index contributed by atoms with van der Waals surface area (Å²) in [5, 5.41) is 2.74. The largest absolute Gasteiger partial charge is 0.389 e. The minimum absolute atomic E-state index is 0.105. The lowest BCUT2D eigenvalue weighted by molar-refractivity contribution is -0.135. The maximum atomic E-state index is 13.4. The highest BCUT2D eigenvalue weighted by Crippen LogP contribution is 2.27. The van der Waals surface area contributed by atoms with E-state index >= 15 is 0 Å². The number of nitrogens with one attached hydrogen (secondary N) is 1. The van der Waals surface area contributed by atoms with Crippen LogP contribution in [-0.2, 0) is 0 Å². The summed E-state index contributed by atoms with van der Waals surface area (Å²) in [5.74, 6) is -1.46. The Hall–Kier alpha value is -1.17. The summed E-state index contributed by atoms with van der Waals surface area (Å²) in [6.45, 7) is 0. The Labute approximate surface area is 102 Å². The second-order valence-corrected chi connectivity index (χ2v) is 4.01. The van der Waals surface area contributed by atoms with Gasteiger partial charge in [0.05, 0.1) is 0 Å². The lowest BCUT2D eigenvalue weighted by atomic mass is 10.0. The van der Waals surface area contributed by atoms with Crippen molar-refractivity contribution in [3.8, 4) is 0 Å². The smallest absolute Gasteiger partial charge is 0.313 e. The summed E-state index contributed by atoms with van der Waals surface area (Å²) in [6.07, 6.45) is -5.09. The quantitative estimate of drug-likeness (QED) is 0.796. The number of hydrogen-bond donors (Lipinski definition) is 1. The van der Waals surface area contributed by atoms with Crippen LogP contribution in [0.1, 0.15) is 30.9 Å². The van der Waals surface area contributed by atoms with Gasteiger partial charge in [0.2, 0.25) is 0 Å². The first kappa shape index (κ1) is 14.9. The third-order valence-corrected chi connectivity index (χ3v) is 2.64. The van der Waals surface area contributed by atoms with Gasteiger partial charge in [-0.05, 0) is 26.0 Å². The van der Waals surface area contributed by atoms with Gasteiger partial charge < -0.3 is 5.32 Å². The highest BCUT2D eigenvalue weighted by Gasteiger charge is 2.27. The van der Waals surface area contributed by atoms with Gasteiger partial charge in [0, 0.05) is 24.1 Å². The van der Waals surface area contributed by atoms with E-state index in [-0.39, 0.29) is 18.4 Å². The van der Waals surface area contributed by atoms with Crippen molar-refractivity contribution < 1.29 is 22.0 Å². The van der Waals surface area contributed by atoms with Crippen molar-refractivity contribution in [2.24, 2.45) is 0 Å². The van der Waals surface area contributed by atoms with Crippen LogP contribution < -0.4 is 5.32 Å². The van der Waals surface area contributed by atoms with Crippen molar-refractivity contribution in [3.63, 3.8) is 0 Å². The van der Waals surface area contributed by atoms with Crippen LogP contribution in [0, 0.1) is 11.6 Å². The molecule has 0 saturated carbocycles.